The van der Waals surface area contributed by atoms with Gasteiger partial charge in [-0.05, 0) is 31.4 Å². The number of nitrogens with zero attached hydrogens (tertiary/aromatic N) is 1. The summed E-state index contributed by atoms with van der Waals surface area (Å²) in [6.45, 7) is 0.439. The first-order valence-corrected chi connectivity index (χ1v) is 10.3. The lowest BCUT2D eigenvalue weighted by molar-refractivity contribution is -0.119. The monoisotopic (exact) mass is 390 g/mol. The molecule has 1 spiro atoms. The highest BCUT2D eigenvalue weighted by Gasteiger charge is 2.48. The summed E-state index contributed by atoms with van der Waals surface area (Å²) in [5.41, 5.74) is 6.85. The predicted octanol–water partition coefficient (Wildman–Crippen LogP) is 2.17. The number of nitrogens with two attached hydrogens (primary N) is 1. The highest BCUT2D eigenvalue weighted by atomic mass is 35.5. The van der Waals surface area contributed by atoms with E-state index in [-0.39, 0.29) is 41.7 Å². The molecule has 0 aromatic heterocycles. The Kier molecular flexibility index (Phi) is 5.81. The molecule has 1 aromatic rings. The van der Waals surface area contributed by atoms with E-state index in [2.05, 4.69) is 0 Å². The van der Waals surface area contributed by atoms with E-state index in [4.69, 9.17) is 5.73 Å². The molecule has 1 aliphatic heterocycles. The van der Waals surface area contributed by atoms with Crippen LogP contribution in [0.1, 0.15) is 37.7 Å². The summed E-state index contributed by atoms with van der Waals surface area (Å²) in [5, 5.41) is 0. The number of hydrogen-bond acceptors (Lipinski definition) is 4. The Labute approximate surface area is 154 Å². The fourth-order valence-electron chi connectivity index (χ4n) is 4.05. The van der Waals surface area contributed by atoms with Gasteiger partial charge in [-0.2, -0.15) is 0 Å². The molecule has 25 heavy (non-hydrogen) atoms. The molecular formula is C17H24ClFN2O3S. The Hall–Kier alpha value is -1.18. The topological polar surface area (TPSA) is 80.5 Å². The Bertz CT molecular complexity index is 763. The van der Waals surface area contributed by atoms with Crippen LogP contribution in [0.25, 0.3) is 0 Å². The first-order valence-electron chi connectivity index (χ1n) is 8.27. The largest absolute Gasteiger partial charge is 0.320 e. The lowest BCUT2D eigenvalue weighted by Gasteiger charge is -2.26. The molecule has 2 aliphatic rings. The van der Waals surface area contributed by atoms with Crippen LogP contribution in [0.5, 0.6) is 0 Å². The second-order valence-corrected chi connectivity index (χ2v) is 9.33. The maximum Gasteiger partial charge on any atom is 0.243 e. The van der Waals surface area contributed by atoms with Crippen LogP contribution in [0, 0.1) is 5.82 Å². The van der Waals surface area contributed by atoms with Gasteiger partial charge in [0.05, 0.1) is 17.5 Å². The molecule has 1 aromatic carbocycles. The van der Waals surface area contributed by atoms with Gasteiger partial charge in [-0.1, -0.05) is 18.9 Å². The van der Waals surface area contributed by atoms with Crippen molar-refractivity contribution in [2.45, 2.75) is 43.6 Å². The number of amides is 1. The van der Waals surface area contributed by atoms with Crippen molar-refractivity contribution in [2.75, 3.05) is 23.5 Å². The van der Waals surface area contributed by atoms with E-state index in [1.54, 1.807) is 17.0 Å². The molecule has 1 aliphatic carbocycles. The molecule has 3 rings (SSSR count). The average Bonchev–Trinajstić information content (AvgIpc) is 3.10. The zero-order valence-corrected chi connectivity index (χ0v) is 15.8. The predicted molar refractivity (Wildman–Crippen MR) is 98.5 cm³/mol. The number of benzene rings is 1. The third-order valence-electron chi connectivity index (χ3n) is 5.22. The van der Waals surface area contributed by atoms with Gasteiger partial charge < -0.3 is 10.6 Å². The van der Waals surface area contributed by atoms with Crippen LogP contribution in [-0.4, -0.2) is 38.9 Å². The molecule has 1 heterocycles. The van der Waals surface area contributed by atoms with Gasteiger partial charge in [0, 0.05) is 23.8 Å². The second kappa shape index (κ2) is 7.21. The zero-order chi connectivity index (χ0) is 17.5. The minimum atomic E-state index is -3.18. The number of carbonyl (C=O) groups is 1. The fourth-order valence-corrected chi connectivity index (χ4v) is 4.73. The highest BCUT2D eigenvalue weighted by molar-refractivity contribution is 7.90. The maximum atomic E-state index is 14.5. The molecule has 1 saturated carbocycles. The number of carbonyl (C=O) groups excluding carboxylic acids is 1. The molecule has 0 saturated heterocycles. The van der Waals surface area contributed by atoms with Gasteiger partial charge in [0.15, 0.2) is 0 Å². The van der Waals surface area contributed by atoms with Crippen molar-refractivity contribution in [3.63, 3.8) is 0 Å². The van der Waals surface area contributed by atoms with E-state index in [1.165, 1.54) is 6.07 Å². The molecule has 0 bridgehead atoms. The number of fused-ring (bicyclic) bond motifs is 2. The second-order valence-electron chi connectivity index (χ2n) is 7.07. The molecule has 1 unspecified atom stereocenters. The van der Waals surface area contributed by atoms with Crippen LogP contribution in [-0.2, 0) is 20.0 Å². The molecule has 5 nitrogen and oxygen atoms in total. The van der Waals surface area contributed by atoms with Crippen LogP contribution in [0.3, 0.4) is 0 Å². The van der Waals surface area contributed by atoms with E-state index in [0.29, 0.717) is 17.8 Å². The minimum Gasteiger partial charge on any atom is -0.320 e. The van der Waals surface area contributed by atoms with Crippen molar-refractivity contribution in [1.29, 1.82) is 0 Å². The maximum absolute atomic E-state index is 14.5. The van der Waals surface area contributed by atoms with Gasteiger partial charge in [-0.15, -0.1) is 12.4 Å². The first kappa shape index (κ1) is 20.1. The lowest BCUT2D eigenvalue weighted by atomic mass is 9.80. The van der Waals surface area contributed by atoms with E-state index >= 15 is 0 Å². The molecule has 1 atom stereocenters. The summed E-state index contributed by atoms with van der Waals surface area (Å²) in [5.74, 6) is -0.724. The van der Waals surface area contributed by atoms with Crippen molar-refractivity contribution >= 4 is 33.8 Å². The fraction of sp³-hybridized carbons (Fsp3) is 0.588. The quantitative estimate of drug-likeness (QED) is 0.854. The number of rotatable bonds is 4. The van der Waals surface area contributed by atoms with Crippen molar-refractivity contribution in [1.82, 2.24) is 0 Å². The third-order valence-corrected chi connectivity index (χ3v) is 6.19. The summed E-state index contributed by atoms with van der Waals surface area (Å²) < 4.78 is 37.1. The highest BCUT2D eigenvalue weighted by Crippen LogP contribution is 2.51. The molecule has 2 N–H and O–H groups in total. The number of hydrogen-bond donors (Lipinski definition) is 1. The van der Waals surface area contributed by atoms with Crippen LogP contribution < -0.4 is 10.6 Å². The van der Waals surface area contributed by atoms with Gasteiger partial charge in [-0.3, -0.25) is 4.79 Å². The molecule has 1 amide bonds. The standard InChI is InChI=1S/C17H23FN2O3S.ClH/c1-24(22,23)10-7-13(19)16(21)20-11-17(8-2-3-9-17)15-12(18)5-4-6-14(15)20;/h4-6,13H,2-3,7-11,19H2,1H3;1H. The summed E-state index contributed by atoms with van der Waals surface area (Å²) in [6.07, 6.45) is 4.97. The van der Waals surface area contributed by atoms with Crippen LogP contribution >= 0.6 is 12.4 Å². The van der Waals surface area contributed by atoms with Gasteiger partial charge in [0.1, 0.15) is 15.7 Å². The van der Waals surface area contributed by atoms with Crippen molar-refractivity contribution < 1.29 is 17.6 Å². The van der Waals surface area contributed by atoms with Crippen LogP contribution in [0.2, 0.25) is 0 Å². The summed E-state index contributed by atoms with van der Waals surface area (Å²) in [6, 6.07) is 3.90. The smallest absolute Gasteiger partial charge is 0.243 e. The van der Waals surface area contributed by atoms with Crippen LogP contribution in [0.4, 0.5) is 10.1 Å². The van der Waals surface area contributed by atoms with Gasteiger partial charge in [0.2, 0.25) is 5.91 Å². The first-order chi connectivity index (χ1) is 11.2. The Balaban J connectivity index is 0.00000225. The molecule has 0 radical (unpaired) electrons. The van der Waals surface area contributed by atoms with Crippen molar-refractivity contribution in [2.24, 2.45) is 5.73 Å². The number of sulfone groups is 1. The van der Waals surface area contributed by atoms with E-state index in [0.717, 1.165) is 31.9 Å². The summed E-state index contributed by atoms with van der Waals surface area (Å²) >= 11 is 0. The number of anilines is 1. The SMILES string of the molecule is CS(=O)(=O)CCC(N)C(=O)N1CC2(CCCC2)c2c(F)cccc21.Cl. The van der Waals surface area contributed by atoms with Gasteiger partial charge in [-0.25, -0.2) is 12.8 Å². The van der Waals surface area contributed by atoms with Crippen molar-refractivity contribution in [3.8, 4) is 0 Å². The molecule has 1 fully saturated rings. The minimum absolute atomic E-state index is 0. The molecule has 140 valence electrons. The third kappa shape index (κ3) is 3.83. The Morgan fingerprint density at radius 2 is 2.00 bits per heavy atom. The van der Waals surface area contributed by atoms with E-state index < -0.39 is 15.9 Å². The normalized spacial score (nSPS) is 19.6. The van der Waals surface area contributed by atoms with E-state index in [1.807, 2.05) is 0 Å². The Morgan fingerprint density at radius 3 is 2.60 bits per heavy atom. The zero-order valence-electron chi connectivity index (χ0n) is 14.2. The van der Waals surface area contributed by atoms with E-state index in [9.17, 15) is 17.6 Å². The summed E-state index contributed by atoms with van der Waals surface area (Å²) in [4.78, 5) is 14.3. The summed E-state index contributed by atoms with van der Waals surface area (Å²) in [7, 11) is -3.18. The van der Waals surface area contributed by atoms with Gasteiger partial charge >= 0.3 is 0 Å². The Morgan fingerprint density at radius 1 is 1.36 bits per heavy atom. The van der Waals surface area contributed by atoms with Crippen LogP contribution in [0.15, 0.2) is 18.2 Å². The molecule has 8 heteroatoms. The number of halogens is 2. The average molecular weight is 391 g/mol. The lowest BCUT2D eigenvalue weighted by Crippen LogP contribution is -2.46. The molecular weight excluding hydrogens is 367 g/mol. The van der Waals surface area contributed by atoms with Gasteiger partial charge in [0.25, 0.3) is 0 Å². The van der Waals surface area contributed by atoms with Crippen molar-refractivity contribution in [3.05, 3.63) is 29.6 Å².